The predicted octanol–water partition coefficient (Wildman–Crippen LogP) is 2.65. The summed E-state index contributed by atoms with van der Waals surface area (Å²) < 4.78 is 29.8. The molecule has 1 aromatic carbocycles. The molecule has 1 aromatic heterocycles. The molecular weight excluding hydrogens is 326 g/mol. The van der Waals surface area contributed by atoms with Crippen LogP contribution in [0.3, 0.4) is 0 Å². The number of ether oxygens (including phenoxy) is 1. The minimum absolute atomic E-state index is 0.0148. The fourth-order valence-corrected chi connectivity index (χ4v) is 2.05. The maximum Gasteiger partial charge on any atom is 0.387 e. The summed E-state index contributed by atoms with van der Waals surface area (Å²) in [5.74, 6) is -0.472. The average molecular weight is 340 g/mol. The van der Waals surface area contributed by atoms with Gasteiger partial charge in [-0.2, -0.15) is 13.9 Å². The Labute approximate surface area is 135 Å². The minimum Gasteiger partial charge on any atom is -0.435 e. The van der Waals surface area contributed by atoms with Crippen LogP contribution >= 0.6 is 0 Å². The molecule has 0 spiro atoms. The molecule has 128 valence electrons. The summed E-state index contributed by atoms with van der Waals surface area (Å²) in [6, 6.07) is 4.11. The SMILES string of the molecule is Cc1cc(OC(F)F)ccc1NC(=O)Cn1ncc([N+](=O)[O-])c1C. The molecule has 0 radical (unpaired) electrons. The van der Waals surface area contributed by atoms with Crippen LogP contribution in [0.5, 0.6) is 5.75 Å². The quantitative estimate of drug-likeness (QED) is 0.644. The molecule has 0 saturated heterocycles. The van der Waals surface area contributed by atoms with E-state index in [4.69, 9.17) is 0 Å². The molecule has 1 amide bonds. The van der Waals surface area contributed by atoms with Crippen molar-refractivity contribution in [1.29, 1.82) is 0 Å². The molecule has 0 aliphatic rings. The lowest BCUT2D eigenvalue weighted by Crippen LogP contribution is -2.20. The topological polar surface area (TPSA) is 99.3 Å². The molecule has 2 rings (SSSR count). The smallest absolute Gasteiger partial charge is 0.387 e. The Kier molecular flexibility index (Phi) is 5.07. The second kappa shape index (κ2) is 7.02. The molecule has 24 heavy (non-hydrogen) atoms. The molecule has 0 saturated carbocycles. The maximum absolute atomic E-state index is 12.2. The molecule has 8 nitrogen and oxygen atoms in total. The van der Waals surface area contributed by atoms with Crippen LogP contribution in [-0.2, 0) is 11.3 Å². The first kappa shape index (κ1) is 17.3. The van der Waals surface area contributed by atoms with Gasteiger partial charge in [-0.15, -0.1) is 0 Å². The first-order chi connectivity index (χ1) is 11.3. The number of hydrogen-bond donors (Lipinski definition) is 1. The van der Waals surface area contributed by atoms with Crippen LogP contribution in [-0.4, -0.2) is 27.2 Å². The molecule has 0 atom stereocenters. The fourth-order valence-electron chi connectivity index (χ4n) is 2.05. The molecular formula is C14H14F2N4O4. The Hall–Kier alpha value is -3.04. The van der Waals surface area contributed by atoms with Crippen molar-refractivity contribution < 1.29 is 23.2 Å². The lowest BCUT2D eigenvalue weighted by molar-refractivity contribution is -0.385. The Morgan fingerprint density at radius 2 is 2.17 bits per heavy atom. The number of aromatic nitrogens is 2. The first-order valence-electron chi connectivity index (χ1n) is 6.80. The van der Waals surface area contributed by atoms with Crippen molar-refractivity contribution in [3.05, 3.63) is 45.8 Å². The van der Waals surface area contributed by atoms with Gasteiger partial charge in [-0.05, 0) is 37.6 Å². The number of nitrogens with one attached hydrogen (secondary N) is 1. The monoisotopic (exact) mass is 340 g/mol. The van der Waals surface area contributed by atoms with Gasteiger partial charge in [0, 0.05) is 5.69 Å². The summed E-state index contributed by atoms with van der Waals surface area (Å²) in [5, 5.41) is 17.1. The van der Waals surface area contributed by atoms with Gasteiger partial charge in [0.2, 0.25) is 5.91 Å². The number of nitro groups is 1. The van der Waals surface area contributed by atoms with Crippen molar-refractivity contribution in [3.63, 3.8) is 0 Å². The highest BCUT2D eigenvalue weighted by molar-refractivity contribution is 5.91. The van der Waals surface area contributed by atoms with Crippen LogP contribution in [0.4, 0.5) is 20.2 Å². The summed E-state index contributed by atoms with van der Waals surface area (Å²) in [7, 11) is 0. The van der Waals surface area contributed by atoms with Crippen molar-refractivity contribution in [2.24, 2.45) is 0 Å². The number of carbonyl (C=O) groups excluding carboxylic acids is 1. The van der Waals surface area contributed by atoms with Crippen molar-refractivity contribution in [3.8, 4) is 5.75 Å². The number of carbonyl (C=O) groups is 1. The molecule has 1 N–H and O–H groups in total. The minimum atomic E-state index is -2.93. The van der Waals surface area contributed by atoms with Crippen LogP contribution in [0.1, 0.15) is 11.3 Å². The zero-order valence-electron chi connectivity index (χ0n) is 12.8. The van der Waals surface area contributed by atoms with Crippen molar-refractivity contribution in [1.82, 2.24) is 9.78 Å². The number of nitrogens with zero attached hydrogens (tertiary/aromatic N) is 3. The number of halogens is 2. The normalized spacial score (nSPS) is 10.7. The number of benzene rings is 1. The maximum atomic E-state index is 12.2. The van der Waals surface area contributed by atoms with Gasteiger partial charge in [-0.25, -0.2) is 0 Å². The van der Waals surface area contributed by atoms with Crippen LogP contribution in [0.15, 0.2) is 24.4 Å². The van der Waals surface area contributed by atoms with E-state index in [1.165, 1.54) is 29.8 Å². The summed E-state index contributed by atoms with van der Waals surface area (Å²) in [5.41, 5.74) is 1.03. The number of rotatable bonds is 6. The Morgan fingerprint density at radius 1 is 1.46 bits per heavy atom. The van der Waals surface area contributed by atoms with Gasteiger partial charge in [-0.1, -0.05) is 0 Å². The predicted molar refractivity (Wildman–Crippen MR) is 80.1 cm³/mol. The molecule has 10 heteroatoms. The van der Waals surface area contributed by atoms with E-state index >= 15 is 0 Å². The summed E-state index contributed by atoms with van der Waals surface area (Å²) >= 11 is 0. The zero-order valence-corrected chi connectivity index (χ0v) is 12.8. The third-order valence-electron chi connectivity index (χ3n) is 3.26. The molecule has 0 bridgehead atoms. The van der Waals surface area contributed by atoms with Gasteiger partial charge < -0.3 is 10.1 Å². The van der Waals surface area contributed by atoms with Crippen LogP contribution in [0, 0.1) is 24.0 Å². The third-order valence-corrected chi connectivity index (χ3v) is 3.26. The standard InChI is InChI=1S/C14H14F2N4O4/c1-8-5-10(24-14(15)16)3-4-11(8)18-13(21)7-19-9(2)12(6-17-19)20(22)23/h3-6,14H,7H2,1-2H3,(H,18,21). The summed E-state index contributed by atoms with van der Waals surface area (Å²) in [4.78, 5) is 22.2. The average Bonchev–Trinajstić information content (AvgIpc) is 2.82. The van der Waals surface area contributed by atoms with Crippen molar-refractivity contribution >= 4 is 17.3 Å². The number of amides is 1. The summed E-state index contributed by atoms with van der Waals surface area (Å²) in [6.45, 7) is -0.0321. The largest absolute Gasteiger partial charge is 0.435 e. The molecule has 2 aromatic rings. The van der Waals surface area contributed by atoms with Gasteiger partial charge in [0.05, 0.1) is 4.92 Å². The van der Waals surface area contributed by atoms with Crippen LogP contribution in [0.2, 0.25) is 0 Å². The van der Waals surface area contributed by atoms with Gasteiger partial charge in [-0.3, -0.25) is 19.6 Å². The van der Waals surface area contributed by atoms with Crippen LogP contribution in [0.25, 0.3) is 0 Å². The van der Waals surface area contributed by atoms with Gasteiger partial charge in [0.25, 0.3) is 0 Å². The van der Waals surface area contributed by atoms with E-state index in [1.54, 1.807) is 6.92 Å². The third kappa shape index (κ3) is 4.03. The van der Waals surface area contributed by atoms with E-state index in [9.17, 15) is 23.7 Å². The van der Waals surface area contributed by atoms with E-state index in [0.29, 0.717) is 11.3 Å². The zero-order chi connectivity index (χ0) is 17.9. The highest BCUT2D eigenvalue weighted by atomic mass is 19.3. The second-order valence-electron chi connectivity index (χ2n) is 4.93. The lowest BCUT2D eigenvalue weighted by Gasteiger charge is -2.11. The van der Waals surface area contributed by atoms with E-state index in [-0.39, 0.29) is 23.7 Å². The molecule has 0 fully saturated rings. The Balaban J connectivity index is 2.06. The Morgan fingerprint density at radius 3 is 2.71 bits per heavy atom. The van der Waals surface area contributed by atoms with Gasteiger partial charge in [0.1, 0.15) is 24.2 Å². The molecule has 0 aliphatic heterocycles. The van der Waals surface area contributed by atoms with E-state index in [2.05, 4.69) is 15.2 Å². The number of aryl methyl sites for hydroxylation is 1. The van der Waals surface area contributed by atoms with Gasteiger partial charge >= 0.3 is 12.3 Å². The first-order valence-corrected chi connectivity index (χ1v) is 6.80. The Bertz CT molecular complexity index is 776. The van der Waals surface area contributed by atoms with Crippen LogP contribution < -0.4 is 10.1 Å². The number of hydrogen-bond acceptors (Lipinski definition) is 5. The molecule has 0 unspecified atom stereocenters. The van der Waals surface area contributed by atoms with E-state index in [1.807, 2.05) is 0 Å². The highest BCUT2D eigenvalue weighted by Crippen LogP contribution is 2.23. The van der Waals surface area contributed by atoms with E-state index in [0.717, 1.165) is 6.20 Å². The second-order valence-corrected chi connectivity index (χ2v) is 4.93. The highest BCUT2D eigenvalue weighted by Gasteiger charge is 2.18. The molecule has 0 aliphatic carbocycles. The lowest BCUT2D eigenvalue weighted by atomic mass is 10.2. The number of alkyl halides is 2. The van der Waals surface area contributed by atoms with Crippen molar-refractivity contribution in [2.75, 3.05) is 5.32 Å². The van der Waals surface area contributed by atoms with E-state index < -0.39 is 17.4 Å². The number of anilines is 1. The van der Waals surface area contributed by atoms with Crippen molar-refractivity contribution in [2.45, 2.75) is 27.0 Å². The van der Waals surface area contributed by atoms with Gasteiger partial charge in [0.15, 0.2) is 0 Å². The summed E-state index contributed by atoms with van der Waals surface area (Å²) in [6.07, 6.45) is 1.07. The fraction of sp³-hybridized carbons (Fsp3) is 0.286. The molecule has 1 heterocycles.